The lowest BCUT2D eigenvalue weighted by atomic mass is 9.83. The van der Waals surface area contributed by atoms with Crippen LogP contribution < -0.4 is 5.32 Å². The monoisotopic (exact) mass is 155 g/mol. The summed E-state index contributed by atoms with van der Waals surface area (Å²) >= 11 is 0. The summed E-state index contributed by atoms with van der Waals surface area (Å²) in [5.41, 5.74) is 0.241. The number of nitrogens with one attached hydrogen (secondary N) is 1. The van der Waals surface area contributed by atoms with E-state index in [9.17, 15) is 4.79 Å². The summed E-state index contributed by atoms with van der Waals surface area (Å²) < 4.78 is 0. The van der Waals surface area contributed by atoms with Gasteiger partial charge >= 0.3 is 0 Å². The highest BCUT2D eigenvalue weighted by molar-refractivity contribution is 5.78. The van der Waals surface area contributed by atoms with Crippen LogP contribution in [0.4, 0.5) is 0 Å². The van der Waals surface area contributed by atoms with E-state index in [4.69, 9.17) is 0 Å². The first kappa shape index (κ1) is 8.72. The van der Waals surface area contributed by atoms with E-state index in [0.29, 0.717) is 11.7 Å². The molecular formula is C9H17NO. The van der Waals surface area contributed by atoms with E-state index in [-0.39, 0.29) is 11.5 Å². The molecule has 11 heavy (non-hydrogen) atoms. The number of Topliss-reactive ketones (excluding diaryl/α,β-unsaturated/α-hetero) is 1. The second kappa shape index (κ2) is 2.59. The van der Waals surface area contributed by atoms with E-state index in [2.05, 4.69) is 19.2 Å². The van der Waals surface area contributed by atoms with Crippen molar-refractivity contribution in [2.75, 3.05) is 6.54 Å². The average Bonchev–Trinajstić information content (AvgIpc) is 2.66. The first-order valence-electron chi connectivity index (χ1n) is 4.23. The van der Waals surface area contributed by atoms with Crippen LogP contribution in [0.25, 0.3) is 0 Å². The Kier molecular flexibility index (Phi) is 2.06. The van der Waals surface area contributed by atoms with Crippen LogP contribution in [-0.4, -0.2) is 17.9 Å². The van der Waals surface area contributed by atoms with Gasteiger partial charge in [-0.25, -0.2) is 0 Å². The number of hydrogen-bond acceptors (Lipinski definition) is 2. The molecule has 1 N–H and O–H groups in total. The van der Waals surface area contributed by atoms with Crippen LogP contribution in [0.5, 0.6) is 0 Å². The smallest absolute Gasteiger partial charge is 0.132 e. The van der Waals surface area contributed by atoms with Crippen LogP contribution in [0.1, 0.15) is 27.7 Å². The molecular weight excluding hydrogens is 138 g/mol. The molecule has 0 amide bonds. The van der Waals surface area contributed by atoms with Crippen LogP contribution >= 0.6 is 0 Å². The highest BCUT2D eigenvalue weighted by Gasteiger charge is 2.44. The Morgan fingerprint density at radius 1 is 1.55 bits per heavy atom. The number of rotatable bonds is 3. The second-order valence-corrected chi connectivity index (χ2v) is 3.96. The summed E-state index contributed by atoms with van der Waals surface area (Å²) in [6.45, 7) is 9.07. The van der Waals surface area contributed by atoms with Gasteiger partial charge in [0.2, 0.25) is 0 Å². The Hall–Kier alpha value is -0.370. The zero-order valence-corrected chi connectivity index (χ0v) is 7.77. The normalized spacial score (nSPS) is 34.5. The zero-order chi connectivity index (χ0) is 8.65. The molecule has 0 radical (unpaired) electrons. The minimum Gasteiger partial charge on any atom is -0.308 e. The van der Waals surface area contributed by atoms with Crippen molar-refractivity contribution in [1.82, 2.24) is 5.32 Å². The van der Waals surface area contributed by atoms with Crippen LogP contribution in [0, 0.1) is 11.8 Å². The van der Waals surface area contributed by atoms with Crippen molar-refractivity contribution in [1.29, 1.82) is 0 Å². The van der Waals surface area contributed by atoms with E-state index in [1.165, 1.54) is 0 Å². The lowest BCUT2D eigenvalue weighted by Gasteiger charge is -2.22. The van der Waals surface area contributed by atoms with Crippen LogP contribution in [0.2, 0.25) is 0 Å². The topological polar surface area (TPSA) is 39.0 Å². The van der Waals surface area contributed by atoms with Crippen molar-refractivity contribution < 1.29 is 4.79 Å². The van der Waals surface area contributed by atoms with Gasteiger partial charge in [0, 0.05) is 18.0 Å². The van der Waals surface area contributed by atoms with Gasteiger partial charge < -0.3 is 5.32 Å². The molecule has 1 heterocycles. The Labute approximate surface area is 68.4 Å². The van der Waals surface area contributed by atoms with Crippen molar-refractivity contribution in [3.8, 4) is 0 Å². The first-order valence-corrected chi connectivity index (χ1v) is 4.23. The fourth-order valence-corrected chi connectivity index (χ4v) is 1.37. The molecule has 1 fully saturated rings. The maximum atomic E-state index is 11.0. The Morgan fingerprint density at radius 2 is 2.00 bits per heavy atom. The molecule has 1 unspecified atom stereocenters. The molecule has 2 heteroatoms. The molecule has 1 rings (SSSR count). The van der Waals surface area contributed by atoms with Gasteiger partial charge in [0.25, 0.3) is 0 Å². The van der Waals surface area contributed by atoms with Gasteiger partial charge in [0.05, 0.1) is 0 Å². The summed E-state index contributed by atoms with van der Waals surface area (Å²) in [7, 11) is 0. The summed E-state index contributed by atoms with van der Waals surface area (Å²) in [6, 6.07) is 0. The minimum absolute atomic E-state index is 0.190. The summed E-state index contributed by atoms with van der Waals surface area (Å²) in [5, 5.41) is 3.29. The maximum absolute atomic E-state index is 11.0. The van der Waals surface area contributed by atoms with Gasteiger partial charge in [-0.3, -0.25) is 4.79 Å². The molecule has 0 aromatic rings. The van der Waals surface area contributed by atoms with Crippen molar-refractivity contribution in [2.24, 2.45) is 11.8 Å². The molecule has 2 nitrogen and oxygen atoms in total. The minimum atomic E-state index is 0.190. The highest BCUT2D eigenvalue weighted by atomic mass is 16.1. The Morgan fingerprint density at radius 3 is 2.27 bits per heavy atom. The zero-order valence-electron chi connectivity index (χ0n) is 7.77. The van der Waals surface area contributed by atoms with Gasteiger partial charge in [-0.05, 0) is 19.8 Å². The first-order chi connectivity index (χ1) is 4.97. The quantitative estimate of drug-likeness (QED) is 0.622. The molecule has 1 saturated heterocycles. The molecule has 0 saturated carbocycles. The van der Waals surface area contributed by atoms with Crippen molar-refractivity contribution in [3.63, 3.8) is 0 Å². The molecule has 0 bridgehead atoms. The summed E-state index contributed by atoms with van der Waals surface area (Å²) in [5.74, 6) is 0.947. The molecule has 0 spiro atoms. The van der Waals surface area contributed by atoms with E-state index in [1.807, 2.05) is 6.92 Å². The predicted molar refractivity (Wildman–Crippen MR) is 45.4 cm³/mol. The molecule has 1 aliphatic rings. The number of hydrogen-bond donors (Lipinski definition) is 1. The van der Waals surface area contributed by atoms with Crippen molar-refractivity contribution in [2.45, 2.75) is 33.2 Å². The third-order valence-corrected chi connectivity index (χ3v) is 3.13. The van der Waals surface area contributed by atoms with Gasteiger partial charge in [-0.2, -0.15) is 0 Å². The predicted octanol–water partition coefficient (Wildman–Crippen LogP) is 1.21. The van der Waals surface area contributed by atoms with Crippen LogP contribution in [0.15, 0.2) is 0 Å². The van der Waals surface area contributed by atoms with E-state index in [0.717, 1.165) is 6.54 Å². The molecule has 1 aliphatic heterocycles. The van der Waals surface area contributed by atoms with Gasteiger partial charge in [-0.15, -0.1) is 0 Å². The van der Waals surface area contributed by atoms with Gasteiger partial charge in [-0.1, -0.05) is 13.8 Å². The number of ketones is 1. The third-order valence-electron chi connectivity index (χ3n) is 3.13. The lowest BCUT2D eigenvalue weighted by molar-refractivity contribution is -0.121. The largest absolute Gasteiger partial charge is 0.308 e. The van der Waals surface area contributed by atoms with Crippen molar-refractivity contribution >= 4 is 5.78 Å². The second-order valence-electron chi connectivity index (χ2n) is 3.96. The maximum Gasteiger partial charge on any atom is 0.132 e. The van der Waals surface area contributed by atoms with Crippen LogP contribution in [-0.2, 0) is 4.79 Å². The standard InChI is InChI=1S/C9H17NO/c1-6(8(3)11)7(2)9(4)5-10-9/h6-7,10H,5H2,1-4H3/t6-,7-,9?/m1/s1. The number of carbonyl (C=O) groups is 1. The van der Waals surface area contributed by atoms with E-state index in [1.54, 1.807) is 6.92 Å². The number of carbonyl (C=O) groups excluding carboxylic acids is 1. The fraction of sp³-hybridized carbons (Fsp3) is 0.889. The molecule has 3 atom stereocenters. The summed E-state index contributed by atoms with van der Waals surface area (Å²) in [4.78, 5) is 11.0. The molecule has 0 aromatic heterocycles. The SMILES string of the molecule is CC(=O)[C@H](C)[C@@H](C)C1(C)CN1. The van der Waals surface area contributed by atoms with Crippen LogP contribution in [0.3, 0.4) is 0 Å². The molecule has 0 aromatic carbocycles. The Bertz CT molecular complexity index is 172. The highest BCUT2D eigenvalue weighted by Crippen LogP contribution is 2.32. The van der Waals surface area contributed by atoms with Gasteiger partial charge in [0.1, 0.15) is 5.78 Å². The molecule has 0 aliphatic carbocycles. The van der Waals surface area contributed by atoms with E-state index < -0.39 is 0 Å². The van der Waals surface area contributed by atoms with E-state index >= 15 is 0 Å². The lowest BCUT2D eigenvalue weighted by Crippen LogP contribution is -2.30. The molecule has 64 valence electrons. The fourth-order valence-electron chi connectivity index (χ4n) is 1.37. The average molecular weight is 155 g/mol. The third kappa shape index (κ3) is 1.62. The Balaban J connectivity index is 2.53. The summed E-state index contributed by atoms with van der Waals surface area (Å²) in [6.07, 6.45) is 0. The van der Waals surface area contributed by atoms with Crippen molar-refractivity contribution in [3.05, 3.63) is 0 Å². The van der Waals surface area contributed by atoms with Gasteiger partial charge in [0.15, 0.2) is 0 Å².